The minimum Gasteiger partial charge on any atom is -0.508 e. The van der Waals surface area contributed by atoms with Crippen molar-refractivity contribution in [2.45, 2.75) is 33.6 Å². The molecule has 3 aromatic rings. The van der Waals surface area contributed by atoms with Gasteiger partial charge in [0.25, 0.3) is 0 Å². The van der Waals surface area contributed by atoms with E-state index in [0.717, 1.165) is 17.7 Å². The summed E-state index contributed by atoms with van der Waals surface area (Å²) in [6.07, 6.45) is 1.67. The zero-order valence-corrected chi connectivity index (χ0v) is 18.0. The van der Waals surface area contributed by atoms with Gasteiger partial charge in [0.1, 0.15) is 39.7 Å². The van der Waals surface area contributed by atoms with Gasteiger partial charge in [0.2, 0.25) is 5.43 Å². The normalized spacial score (nSPS) is 10.8. The Bertz CT molecular complexity index is 1340. The lowest BCUT2D eigenvalue weighted by Gasteiger charge is -2.15. The third-order valence-electron chi connectivity index (χ3n) is 5.07. The van der Waals surface area contributed by atoms with Crippen LogP contribution in [0.15, 0.2) is 57.3 Å². The Labute approximate surface area is 184 Å². The van der Waals surface area contributed by atoms with E-state index in [1.807, 2.05) is 19.9 Å². The summed E-state index contributed by atoms with van der Waals surface area (Å²) in [5.74, 6) is -1.84. The molecule has 0 saturated heterocycles. The number of aromatic hydroxyl groups is 4. The highest BCUT2D eigenvalue weighted by atomic mass is 16.3. The van der Waals surface area contributed by atoms with Gasteiger partial charge in [-0.1, -0.05) is 18.2 Å². The van der Waals surface area contributed by atoms with E-state index in [4.69, 9.17) is 4.42 Å². The van der Waals surface area contributed by atoms with E-state index in [-0.39, 0.29) is 69.1 Å². The minimum atomic E-state index is -0.667. The molecule has 32 heavy (non-hydrogen) atoms. The average molecular weight is 436 g/mol. The van der Waals surface area contributed by atoms with Crippen molar-refractivity contribution in [1.29, 1.82) is 0 Å². The number of rotatable bonds is 6. The highest BCUT2D eigenvalue weighted by molar-refractivity contribution is 5.98. The Balaban J connectivity index is 2.46. The molecule has 0 amide bonds. The van der Waals surface area contributed by atoms with Gasteiger partial charge in [-0.2, -0.15) is 0 Å². The number of Topliss-reactive ketones (excluding diaryl/α,β-unsaturated/α-hetero) is 1. The Kier molecular flexibility index (Phi) is 6.11. The molecule has 0 aliphatic rings. The molecule has 0 radical (unpaired) electrons. The van der Waals surface area contributed by atoms with Crippen molar-refractivity contribution in [3.8, 4) is 34.3 Å². The van der Waals surface area contributed by atoms with E-state index in [0.29, 0.717) is 0 Å². The van der Waals surface area contributed by atoms with E-state index < -0.39 is 17.0 Å². The molecule has 4 N–H and O–H groups in total. The molecular formula is C25H24O7. The SMILES string of the molecule is C=C(C)C(=O)Cc1c(-c2ccc(O)cc2O)oc2c(CC=C(C)C)c(O)cc(O)c2c1=O. The van der Waals surface area contributed by atoms with Gasteiger partial charge in [0, 0.05) is 24.1 Å². The first-order valence-corrected chi connectivity index (χ1v) is 9.89. The summed E-state index contributed by atoms with van der Waals surface area (Å²) in [4.78, 5) is 25.9. The number of benzene rings is 2. The van der Waals surface area contributed by atoms with Gasteiger partial charge in [-0.3, -0.25) is 9.59 Å². The molecule has 0 fully saturated rings. The van der Waals surface area contributed by atoms with Crippen LogP contribution in [0.4, 0.5) is 0 Å². The predicted molar refractivity (Wildman–Crippen MR) is 121 cm³/mol. The van der Waals surface area contributed by atoms with Crippen molar-refractivity contribution in [2.75, 3.05) is 0 Å². The fourth-order valence-corrected chi connectivity index (χ4v) is 3.33. The number of carbonyl (C=O) groups excluding carboxylic acids is 1. The second-order valence-electron chi connectivity index (χ2n) is 7.90. The van der Waals surface area contributed by atoms with Gasteiger partial charge < -0.3 is 24.8 Å². The second-order valence-corrected chi connectivity index (χ2v) is 7.90. The van der Waals surface area contributed by atoms with E-state index in [2.05, 4.69) is 6.58 Å². The first-order chi connectivity index (χ1) is 15.0. The highest BCUT2D eigenvalue weighted by Crippen LogP contribution is 2.40. The van der Waals surface area contributed by atoms with Crippen LogP contribution in [0.3, 0.4) is 0 Å². The number of phenolic OH excluding ortho intramolecular Hbond substituents is 4. The Morgan fingerprint density at radius 2 is 1.69 bits per heavy atom. The number of allylic oxidation sites excluding steroid dienone is 3. The molecular weight excluding hydrogens is 412 g/mol. The standard InChI is InChI=1S/C25H24O7/c1-12(2)5-7-16-20(29)11-21(30)22-23(31)17(10-18(27)13(3)4)24(32-25(16)22)15-8-6-14(26)9-19(15)28/h5-6,8-9,11,26,28-30H,3,7,10H2,1-2,4H3. The molecule has 166 valence electrons. The average Bonchev–Trinajstić information content (AvgIpc) is 2.69. The van der Waals surface area contributed by atoms with E-state index in [1.54, 1.807) is 0 Å². The van der Waals surface area contributed by atoms with Crippen LogP contribution in [0, 0.1) is 0 Å². The summed E-state index contributed by atoms with van der Waals surface area (Å²) in [6, 6.07) is 4.79. The molecule has 1 heterocycles. The molecule has 1 aromatic heterocycles. The summed E-state index contributed by atoms with van der Waals surface area (Å²) in [5.41, 5.74) is 0.729. The van der Waals surface area contributed by atoms with Crippen molar-refractivity contribution in [2.24, 2.45) is 0 Å². The molecule has 0 aliphatic carbocycles. The highest BCUT2D eigenvalue weighted by Gasteiger charge is 2.25. The van der Waals surface area contributed by atoms with E-state index >= 15 is 0 Å². The van der Waals surface area contributed by atoms with Crippen LogP contribution in [0.5, 0.6) is 23.0 Å². The quantitative estimate of drug-likeness (QED) is 0.331. The van der Waals surface area contributed by atoms with Crippen LogP contribution in [-0.4, -0.2) is 26.2 Å². The molecule has 0 spiro atoms. The van der Waals surface area contributed by atoms with Gasteiger partial charge in [0.05, 0.1) is 11.1 Å². The van der Waals surface area contributed by atoms with Crippen molar-refractivity contribution in [1.82, 2.24) is 0 Å². The maximum Gasteiger partial charge on any atom is 0.200 e. The zero-order chi connectivity index (χ0) is 23.7. The summed E-state index contributed by atoms with van der Waals surface area (Å²) < 4.78 is 6.01. The number of carbonyl (C=O) groups is 1. The molecule has 7 nitrogen and oxygen atoms in total. The summed E-state index contributed by atoms with van der Waals surface area (Å²) in [5, 5.41) is 40.7. The second kappa shape index (κ2) is 8.63. The smallest absolute Gasteiger partial charge is 0.200 e. The van der Waals surface area contributed by atoms with Crippen molar-refractivity contribution < 1.29 is 29.6 Å². The van der Waals surface area contributed by atoms with Gasteiger partial charge in [-0.15, -0.1) is 0 Å². The molecule has 0 saturated carbocycles. The number of ketones is 1. The first-order valence-electron chi connectivity index (χ1n) is 9.89. The molecule has 0 bridgehead atoms. The molecule has 3 rings (SSSR count). The maximum absolute atomic E-state index is 13.5. The van der Waals surface area contributed by atoms with E-state index in [1.165, 1.54) is 19.1 Å². The molecule has 7 heteroatoms. The summed E-state index contributed by atoms with van der Waals surface area (Å²) in [6.45, 7) is 8.86. The first kappa shape index (κ1) is 22.7. The summed E-state index contributed by atoms with van der Waals surface area (Å²) >= 11 is 0. The zero-order valence-electron chi connectivity index (χ0n) is 18.0. The molecule has 0 aliphatic heterocycles. The van der Waals surface area contributed by atoms with Crippen molar-refractivity contribution in [3.63, 3.8) is 0 Å². The number of hydrogen-bond acceptors (Lipinski definition) is 7. The van der Waals surface area contributed by atoms with Gasteiger partial charge in [-0.05, 0) is 44.9 Å². The van der Waals surface area contributed by atoms with Crippen molar-refractivity contribution in [3.05, 3.63) is 69.4 Å². The monoisotopic (exact) mass is 436 g/mol. The fourth-order valence-electron chi connectivity index (χ4n) is 3.33. The van der Waals surface area contributed by atoms with Gasteiger partial charge >= 0.3 is 0 Å². The lowest BCUT2D eigenvalue weighted by atomic mass is 9.96. The third kappa shape index (κ3) is 4.23. The lowest BCUT2D eigenvalue weighted by molar-refractivity contribution is -0.114. The topological polar surface area (TPSA) is 128 Å². The van der Waals surface area contributed by atoms with Crippen LogP contribution < -0.4 is 5.43 Å². The van der Waals surface area contributed by atoms with Gasteiger partial charge in [-0.25, -0.2) is 0 Å². The van der Waals surface area contributed by atoms with Crippen LogP contribution >= 0.6 is 0 Å². The largest absolute Gasteiger partial charge is 0.508 e. The minimum absolute atomic E-state index is 0.0565. The van der Waals surface area contributed by atoms with Crippen LogP contribution in [0.2, 0.25) is 0 Å². The predicted octanol–water partition coefficient (Wildman–Crippen LogP) is 4.48. The lowest BCUT2D eigenvalue weighted by Crippen LogP contribution is -2.17. The Morgan fingerprint density at radius 1 is 1.00 bits per heavy atom. The Morgan fingerprint density at radius 3 is 2.28 bits per heavy atom. The fraction of sp³-hybridized carbons (Fsp3) is 0.200. The number of fused-ring (bicyclic) bond motifs is 1. The molecule has 0 atom stereocenters. The molecule has 2 aromatic carbocycles. The van der Waals surface area contributed by atoms with Crippen molar-refractivity contribution >= 4 is 16.8 Å². The summed E-state index contributed by atoms with van der Waals surface area (Å²) in [7, 11) is 0. The van der Waals surface area contributed by atoms with Crippen LogP contribution in [0.1, 0.15) is 31.9 Å². The number of hydrogen-bond donors (Lipinski definition) is 4. The van der Waals surface area contributed by atoms with E-state index in [9.17, 15) is 30.0 Å². The van der Waals surface area contributed by atoms with Crippen LogP contribution in [0.25, 0.3) is 22.3 Å². The Hall–Kier alpha value is -4.00. The number of phenols is 4. The molecule has 0 unspecified atom stereocenters. The van der Waals surface area contributed by atoms with Gasteiger partial charge in [0.15, 0.2) is 5.78 Å². The maximum atomic E-state index is 13.5. The third-order valence-corrected chi connectivity index (χ3v) is 5.07. The van der Waals surface area contributed by atoms with Crippen LogP contribution in [-0.2, 0) is 17.6 Å².